The summed E-state index contributed by atoms with van der Waals surface area (Å²) in [6, 6.07) is 0. The maximum absolute atomic E-state index is 12.0. The minimum atomic E-state index is -0.232. The highest BCUT2D eigenvalue weighted by Crippen LogP contribution is 2.22. The van der Waals surface area contributed by atoms with E-state index >= 15 is 0 Å². The maximum Gasteiger partial charge on any atom is 0.228 e. The monoisotopic (exact) mass is 200 g/mol. The molecule has 0 aromatic rings. The van der Waals surface area contributed by atoms with Crippen molar-refractivity contribution in [2.75, 3.05) is 19.6 Å². The number of nitrogens with two attached hydrogens (primary N) is 1. The number of carbonyl (C=O) groups excluding carboxylic acids is 1. The maximum atomic E-state index is 12.0. The van der Waals surface area contributed by atoms with Crippen molar-refractivity contribution >= 4 is 5.91 Å². The van der Waals surface area contributed by atoms with Crippen LogP contribution in [0.5, 0.6) is 0 Å². The van der Waals surface area contributed by atoms with Gasteiger partial charge in [0.05, 0.1) is 0 Å². The van der Waals surface area contributed by atoms with Gasteiger partial charge in [0.25, 0.3) is 0 Å². The van der Waals surface area contributed by atoms with E-state index in [2.05, 4.69) is 6.92 Å². The molecule has 0 unspecified atom stereocenters. The molecule has 0 saturated carbocycles. The normalized spacial score (nSPS) is 11.5. The summed E-state index contributed by atoms with van der Waals surface area (Å²) in [4.78, 5) is 13.9. The lowest BCUT2D eigenvalue weighted by Crippen LogP contribution is -2.41. The quantitative estimate of drug-likeness (QED) is 0.708. The third kappa shape index (κ3) is 3.66. The molecule has 0 fully saturated rings. The van der Waals surface area contributed by atoms with Crippen LogP contribution >= 0.6 is 0 Å². The fraction of sp³-hybridized carbons (Fsp3) is 0.909. The fourth-order valence-electron chi connectivity index (χ4n) is 1.26. The molecule has 3 heteroatoms. The first-order chi connectivity index (χ1) is 6.49. The van der Waals surface area contributed by atoms with Crippen molar-refractivity contribution < 1.29 is 4.79 Å². The predicted molar refractivity (Wildman–Crippen MR) is 60.0 cm³/mol. The second-order valence-corrected chi connectivity index (χ2v) is 4.26. The topological polar surface area (TPSA) is 46.3 Å². The van der Waals surface area contributed by atoms with Crippen LogP contribution in [0.3, 0.4) is 0 Å². The van der Waals surface area contributed by atoms with Crippen molar-refractivity contribution in [3.05, 3.63) is 0 Å². The molecule has 0 heterocycles. The Kier molecular flexibility index (Phi) is 5.77. The summed E-state index contributed by atoms with van der Waals surface area (Å²) < 4.78 is 0. The molecular weight excluding hydrogens is 176 g/mol. The van der Waals surface area contributed by atoms with Gasteiger partial charge in [0.1, 0.15) is 0 Å². The average Bonchev–Trinajstić information content (AvgIpc) is 2.18. The van der Waals surface area contributed by atoms with Crippen LogP contribution in [0.1, 0.15) is 40.5 Å². The minimum absolute atomic E-state index is 0.232. The van der Waals surface area contributed by atoms with Gasteiger partial charge in [-0.3, -0.25) is 4.79 Å². The van der Waals surface area contributed by atoms with Crippen molar-refractivity contribution in [2.24, 2.45) is 11.1 Å². The Morgan fingerprint density at radius 2 is 1.93 bits per heavy atom. The highest BCUT2D eigenvalue weighted by molar-refractivity contribution is 5.81. The van der Waals surface area contributed by atoms with E-state index in [0.29, 0.717) is 6.54 Å². The molecule has 0 aromatic carbocycles. The Labute approximate surface area is 87.6 Å². The average molecular weight is 200 g/mol. The summed E-state index contributed by atoms with van der Waals surface area (Å²) in [6.07, 6.45) is 1.77. The first kappa shape index (κ1) is 13.4. The van der Waals surface area contributed by atoms with Gasteiger partial charge in [-0.1, -0.05) is 20.8 Å². The second-order valence-electron chi connectivity index (χ2n) is 4.26. The molecule has 0 bridgehead atoms. The Morgan fingerprint density at radius 1 is 1.36 bits per heavy atom. The third-order valence-corrected chi connectivity index (χ3v) is 2.76. The van der Waals surface area contributed by atoms with Crippen LogP contribution in [-0.4, -0.2) is 30.4 Å². The Balaban J connectivity index is 4.30. The summed E-state index contributed by atoms with van der Waals surface area (Å²) in [5.74, 6) is 0.246. The number of hydrogen-bond acceptors (Lipinski definition) is 2. The van der Waals surface area contributed by atoms with E-state index in [-0.39, 0.29) is 11.3 Å². The molecule has 0 spiro atoms. The zero-order valence-corrected chi connectivity index (χ0v) is 9.97. The molecule has 1 amide bonds. The van der Waals surface area contributed by atoms with E-state index in [1.165, 1.54) is 0 Å². The van der Waals surface area contributed by atoms with E-state index in [9.17, 15) is 4.79 Å². The third-order valence-electron chi connectivity index (χ3n) is 2.76. The van der Waals surface area contributed by atoms with Crippen LogP contribution in [0.4, 0.5) is 0 Å². The van der Waals surface area contributed by atoms with Gasteiger partial charge >= 0.3 is 0 Å². The summed E-state index contributed by atoms with van der Waals surface area (Å²) in [5, 5.41) is 0. The molecule has 14 heavy (non-hydrogen) atoms. The minimum Gasteiger partial charge on any atom is -0.342 e. The van der Waals surface area contributed by atoms with E-state index in [0.717, 1.165) is 25.9 Å². The van der Waals surface area contributed by atoms with Crippen LogP contribution in [0.25, 0.3) is 0 Å². The zero-order chi connectivity index (χ0) is 11.2. The molecule has 84 valence electrons. The number of amides is 1. The molecular formula is C11H24N2O. The largest absolute Gasteiger partial charge is 0.342 e. The van der Waals surface area contributed by atoms with Gasteiger partial charge in [-0.2, -0.15) is 0 Å². The van der Waals surface area contributed by atoms with Crippen molar-refractivity contribution in [2.45, 2.75) is 40.5 Å². The molecule has 0 aliphatic rings. The van der Waals surface area contributed by atoms with Gasteiger partial charge in [0.15, 0.2) is 0 Å². The van der Waals surface area contributed by atoms with Crippen LogP contribution in [0.2, 0.25) is 0 Å². The summed E-state index contributed by atoms with van der Waals surface area (Å²) in [6.45, 7) is 10.3. The molecule has 0 aliphatic carbocycles. The van der Waals surface area contributed by atoms with Crippen LogP contribution < -0.4 is 5.73 Å². The van der Waals surface area contributed by atoms with Crippen LogP contribution in [0.15, 0.2) is 0 Å². The van der Waals surface area contributed by atoms with E-state index in [4.69, 9.17) is 5.73 Å². The van der Waals surface area contributed by atoms with Crippen LogP contribution in [0, 0.1) is 5.41 Å². The van der Waals surface area contributed by atoms with Crippen molar-refractivity contribution in [3.8, 4) is 0 Å². The van der Waals surface area contributed by atoms with Crippen LogP contribution in [-0.2, 0) is 4.79 Å². The van der Waals surface area contributed by atoms with Gasteiger partial charge in [-0.05, 0) is 26.3 Å². The molecule has 0 rings (SSSR count). The number of hydrogen-bond donors (Lipinski definition) is 1. The molecule has 0 atom stereocenters. The molecule has 2 N–H and O–H groups in total. The standard InChI is InChI=1S/C11H24N2O/c1-5-11(3,4)10(14)13(6-2)9-7-8-12/h5-9,12H2,1-4H3. The van der Waals surface area contributed by atoms with Crippen molar-refractivity contribution in [3.63, 3.8) is 0 Å². The SMILES string of the molecule is CCN(CCCN)C(=O)C(C)(C)CC. The van der Waals surface area contributed by atoms with Gasteiger partial charge in [0, 0.05) is 18.5 Å². The second kappa shape index (κ2) is 6.02. The number of carbonyl (C=O) groups is 1. The molecule has 0 aliphatic heterocycles. The first-order valence-corrected chi connectivity index (χ1v) is 5.49. The highest BCUT2D eigenvalue weighted by Gasteiger charge is 2.28. The smallest absolute Gasteiger partial charge is 0.228 e. The van der Waals surface area contributed by atoms with Gasteiger partial charge in [0.2, 0.25) is 5.91 Å². The number of nitrogens with zero attached hydrogens (tertiary/aromatic N) is 1. The number of rotatable bonds is 6. The van der Waals surface area contributed by atoms with Crippen molar-refractivity contribution in [1.29, 1.82) is 0 Å². The first-order valence-electron chi connectivity index (χ1n) is 5.49. The Hall–Kier alpha value is -0.570. The van der Waals surface area contributed by atoms with Crippen molar-refractivity contribution in [1.82, 2.24) is 4.90 Å². The van der Waals surface area contributed by atoms with E-state index in [1.807, 2.05) is 25.7 Å². The molecule has 3 nitrogen and oxygen atoms in total. The lowest BCUT2D eigenvalue weighted by Gasteiger charge is -2.30. The lowest BCUT2D eigenvalue weighted by atomic mass is 9.88. The van der Waals surface area contributed by atoms with E-state index in [1.54, 1.807) is 0 Å². The summed E-state index contributed by atoms with van der Waals surface area (Å²) in [7, 11) is 0. The summed E-state index contributed by atoms with van der Waals surface area (Å²) in [5.41, 5.74) is 5.20. The Bertz CT molecular complexity index is 178. The highest BCUT2D eigenvalue weighted by atomic mass is 16.2. The molecule has 0 saturated heterocycles. The Morgan fingerprint density at radius 3 is 2.29 bits per heavy atom. The summed E-state index contributed by atoms with van der Waals surface area (Å²) >= 11 is 0. The van der Waals surface area contributed by atoms with Gasteiger partial charge in [-0.25, -0.2) is 0 Å². The fourth-order valence-corrected chi connectivity index (χ4v) is 1.26. The molecule has 0 aromatic heterocycles. The predicted octanol–water partition coefficient (Wildman–Crippen LogP) is 1.62. The van der Waals surface area contributed by atoms with Gasteiger partial charge < -0.3 is 10.6 Å². The van der Waals surface area contributed by atoms with Gasteiger partial charge in [-0.15, -0.1) is 0 Å². The van der Waals surface area contributed by atoms with E-state index < -0.39 is 0 Å². The zero-order valence-electron chi connectivity index (χ0n) is 9.97. The molecule has 0 radical (unpaired) electrons. The lowest BCUT2D eigenvalue weighted by molar-refractivity contribution is -0.140.